The molecule has 74 heavy (non-hydrogen) atoms. The number of para-hydroxylation sites is 1. The molecule has 2 heterocycles. The number of nitrogens with zero attached hydrogens (tertiary/aromatic N) is 3. The van der Waals surface area contributed by atoms with Crippen molar-refractivity contribution in [3.8, 4) is 78.6 Å². The van der Waals surface area contributed by atoms with Gasteiger partial charge in [0, 0.05) is 44.1 Å². The predicted octanol–water partition coefficient (Wildman–Crippen LogP) is 19.2. The van der Waals surface area contributed by atoms with Gasteiger partial charge in [-0.3, -0.25) is 9.55 Å². The standard InChI is InChI=1S/C69H74N3O.Pt/c1-42(2)49-37-55(43(3)4)63(56(38-49)44(5)6)48-29-30-61(57(36-48)46-25-20-17-21-26-46)72-62-28-22-27-54(64(62)71-66(72)58-40-53(68(10,11)12)41-59(65(58)73)69(13,14)15)50-33-51(35-52(34-50)67(7,8)9)60-39-47(31-32-70-60)45-23-18-16-19-24-45;/h16-32,34-44,73H,1-15H3;/q-1;. The maximum Gasteiger partial charge on any atom is 0.148 e. The quantitative estimate of drug-likeness (QED) is 0.139. The number of imidazole rings is 1. The van der Waals surface area contributed by atoms with Gasteiger partial charge < -0.3 is 5.11 Å². The summed E-state index contributed by atoms with van der Waals surface area (Å²) < 4.78 is 2.31. The summed E-state index contributed by atoms with van der Waals surface area (Å²) in [4.78, 5) is 10.7. The van der Waals surface area contributed by atoms with E-state index in [4.69, 9.17) is 9.97 Å². The molecule has 0 bridgehead atoms. The molecule has 0 spiro atoms. The summed E-state index contributed by atoms with van der Waals surface area (Å²) in [6.45, 7) is 33.9. The molecule has 0 radical (unpaired) electrons. The van der Waals surface area contributed by atoms with Crippen molar-refractivity contribution < 1.29 is 26.2 Å². The molecule has 0 saturated heterocycles. The largest absolute Gasteiger partial charge is 0.507 e. The van der Waals surface area contributed by atoms with Crippen molar-refractivity contribution in [2.75, 3.05) is 0 Å². The van der Waals surface area contributed by atoms with Crippen LogP contribution >= 0.6 is 0 Å². The second-order valence-electron chi connectivity index (χ2n) is 24.2. The van der Waals surface area contributed by atoms with Crippen LogP contribution in [-0.4, -0.2) is 19.6 Å². The summed E-state index contributed by atoms with van der Waals surface area (Å²) in [5.74, 6) is 1.98. The Morgan fingerprint density at radius 2 is 1.09 bits per heavy atom. The summed E-state index contributed by atoms with van der Waals surface area (Å²) in [6, 6.07) is 56.7. The van der Waals surface area contributed by atoms with Gasteiger partial charge in [-0.25, -0.2) is 4.98 Å². The Hall–Kier alpha value is -6.35. The molecule has 0 aliphatic heterocycles. The summed E-state index contributed by atoms with van der Waals surface area (Å²) >= 11 is 0. The fourth-order valence-corrected chi connectivity index (χ4v) is 10.2. The van der Waals surface area contributed by atoms with Crippen LogP contribution in [0.4, 0.5) is 0 Å². The first kappa shape index (κ1) is 53.9. The summed E-state index contributed by atoms with van der Waals surface area (Å²) in [5, 5.41) is 12.8. The molecule has 1 N–H and O–H groups in total. The number of phenols is 1. The zero-order chi connectivity index (χ0) is 52.3. The maximum atomic E-state index is 12.8. The maximum absolute atomic E-state index is 12.8. The molecule has 9 aromatic rings. The van der Waals surface area contributed by atoms with Crippen LogP contribution in [0, 0.1) is 6.07 Å². The molecule has 5 heteroatoms. The molecule has 9 rings (SSSR count). The van der Waals surface area contributed by atoms with Crippen LogP contribution in [-0.2, 0) is 37.3 Å². The Kier molecular flexibility index (Phi) is 15.1. The van der Waals surface area contributed by atoms with E-state index in [0.717, 1.165) is 72.5 Å². The minimum absolute atomic E-state index is 0. The van der Waals surface area contributed by atoms with E-state index in [9.17, 15) is 5.11 Å². The molecular weight excluding hydrogens is 1080 g/mol. The number of aromatic nitrogens is 3. The van der Waals surface area contributed by atoms with Gasteiger partial charge in [-0.2, -0.15) is 0 Å². The van der Waals surface area contributed by atoms with E-state index in [2.05, 4.69) is 254 Å². The molecule has 0 saturated carbocycles. The molecule has 4 nitrogen and oxygen atoms in total. The van der Waals surface area contributed by atoms with Gasteiger partial charge in [0.05, 0.1) is 22.3 Å². The third-order valence-electron chi connectivity index (χ3n) is 14.6. The Balaban J connectivity index is 0.00000729. The van der Waals surface area contributed by atoms with Gasteiger partial charge in [0.15, 0.2) is 0 Å². The number of fused-ring (bicyclic) bond motifs is 1. The zero-order valence-electron chi connectivity index (χ0n) is 46.3. The van der Waals surface area contributed by atoms with Gasteiger partial charge in [0.2, 0.25) is 0 Å². The minimum Gasteiger partial charge on any atom is -0.507 e. The van der Waals surface area contributed by atoms with Crippen molar-refractivity contribution in [2.45, 2.75) is 138 Å². The fraction of sp³-hybridized carbons (Fsp3) is 0.304. The van der Waals surface area contributed by atoms with Crippen molar-refractivity contribution in [3.63, 3.8) is 0 Å². The van der Waals surface area contributed by atoms with Gasteiger partial charge in [-0.1, -0.05) is 218 Å². The van der Waals surface area contributed by atoms with Crippen molar-refractivity contribution in [1.29, 1.82) is 0 Å². The van der Waals surface area contributed by atoms with E-state index >= 15 is 0 Å². The van der Waals surface area contributed by atoms with E-state index in [-0.39, 0.29) is 43.1 Å². The summed E-state index contributed by atoms with van der Waals surface area (Å²) in [7, 11) is 0. The molecule has 382 valence electrons. The van der Waals surface area contributed by atoms with Gasteiger partial charge >= 0.3 is 0 Å². The van der Waals surface area contributed by atoms with Gasteiger partial charge in [-0.05, 0) is 114 Å². The van der Waals surface area contributed by atoms with Gasteiger partial charge in [0.25, 0.3) is 0 Å². The number of hydrogen-bond acceptors (Lipinski definition) is 3. The Bertz CT molecular complexity index is 3460. The zero-order valence-corrected chi connectivity index (χ0v) is 48.5. The normalized spacial score (nSPS) is 12.3. The molecule has 0 amide bonds. The van der Waals surface area contributed by atoms with E-state index in [1.807, 2.05) is 12.3 Å². The number of benzene rings is 7. The SMILES string of the molecule is CC(C)c1cc(C(C)C)c(-c2ccc(-n3c(-c4cc(C(C)(C)C)cc(C(C)(C)C)c4O)nc4c(-c5[c-]c(-c6cc(-c7ccccc7)ccn6)cc(C(C)(C)C)c5)cccc43)c(-c3ccccc3)c2)c(C(C)C)c1.[Pt]. The molecular formula is C69H74N3OPt-. The van der Waals surface area contributed by atoms with Gasteiger partial charge in [0.1, 0.15) is 11.6 Å². The van der Waals surface area contributed by atoms with E-state index in [1.165, 1.54) is 33.4 Å². The molecule has 0 atom stereocenters. The monoisotopic (exact) mass is 1160 g/mol. The molecule has 0 aliphatic carbocycles. The van der Waals surface area contributed by atoms with Crippen LogP contribution in [0.1, 0.15) is 155 Å². The third kappa shape index (κ3) is 10.6. The Morgan fingerprint density at radius 3 is 1.68 bits per heavy atom. The fourth-order valence-electron chi connectivity index (χ4n) is 10.2. The van der Waals surface area contributed by atoms with Crippen LogP contribution < -0.4 is 0 Å². The number of phenolic OH excluding ortho intramolecular Hbond substituents is 1. The average molecular weight is 1160 g/mol. The number of hydrogen-bond donors (Lipinski definition) is 1. The van der Waals surface area contributed by atoms with Crippen LogP contribution in [0.3, 0.4) is 0 Å². The second-order valence-corrected chi connectivity index (χ2v) is 24.2. The van der Waals surface area contributed by atoms with Crippen LogP contribution in [0.2, 0.25) is 0 Å². The van der Waals surface area contributed by atoms with Crippen LogP contribution in [0.25, 0.3) is 83.9 Å². The third-order valence-corrected chi connectivity index (χ3v) is 14.6. The predicted molar refractivity (Wildman–Crippen MR) is 310 cm³/mol. The van der Waals surface area contributed by atoms with E-state index in [0.29, 0.717) is 29.1 Å². The molecule has 2 aromatic heterocycles. The smallest absolute Gasteiger partial charge is 0.148 e. The molecule has 7 aromatic carbocycles. The molecule has 0 fully saturated rings. The van der Waals surface area contributed by atoms with Crippen LogP contribution in [0.5, 0.6) is 5.75 Å². The first-order valence-corrected chi connectivity index (χ1v) is 26.4. The van der Waals surface area contributed by atoms with Crippen molar-refractivity contribution >= 4 is 11.0 Å². The Labute approximate surface area is 456 Å². The van der Waals surface area contributed by atoms with Crippen molar-refractivity contribution in [2.24, 2.45) is 0 Å². The van der Waals surface area contributed by atoms with Crippen molar-refractivity contribution in [1.82, 2.24) is 14.5 Å². The van der Waals surface area contributed by atoms with Crippen molar-refractivity contribution in [3.05, 3.63) is 191 Å². The van der Waals surface area contributed by atoms with E-state index in [1.54, 1.807) is 0 Å². The number of aromatic hydroxyl groups is 1. The van der Waals surface area contributed by atoms with Gasteiger partial charge in [-0.15, -0.1) is 29.3 Å². The molecule has 0 unspecified atom stereocenters. The average Bonchev–Trinajstić information content (AvgIpc) is 3.74. The topological polar surface area (TPSA) is 50.9 Å². The minimum atomic E-state index is -0.350. The number of rotatable bonds is 10. The molecule has 0 aliphatic rings. The summed E-state index contributed by atoms with van der Waals surface area (Å²) in [6.07, 6.45) is 1.90. The Morgan fingerprint density at radius 1 is 0.500 bits per heavy atom. The first-order valence-electron chi connectivity index (χ1n) is 26.4. The van der Waals surface area contributed by atoms with E-state index < -0.39 is 0 Å². The second kappa shape index (κ2) is 20.8. The summed E-state index contributed by atoms with van der Waals surface area (Å²) in [5.41, 5.74) is 20.6. The first-order chi connectivity index (χ1) is 34.5. The van der Waals surface area contributed by atoms with Crippen LogP contribution in [0.15, 0.2) is 152 Å². The number of pyridine rings is 1.